The van der Waals surface area contributed by atoms with Gasteiger partial charge in [0, 0.05) is 37.9 Å². The van der Waals surface area contributed by atoms with Gasteiger partial charge in [-0.15, -0.1) is 65.4 Å². The summed E-state index contributed by atoms with van der Waals surface area (Å²) in [6.45, 7) is 11.0. The molecular weight excluding hydrogens is 713 g/mol. The summed E-state index contributed by atoms with van der Waals surface area (Å²) in [6.07, 6.45) is 4.86. The molecule has 0 saturated carbocycles. The molecular formula is C37H32IrN2OS-2. The summed E-state index contributed by atoms with van der Waals surface area (Å²) in [5, 5.41) is 5.62. The third-order valence-corrected chi connectivity index (χ3v) is 8.04. The fraction of sp³-hybridized carbons (Fsp3) is 0.189. The quantitative estimate of drug-likeness (QED) is 0.169. The number of furan rings is 1. The molecule has 0 N–H and O–H groups in total. The van der Waals surface area contributed by atoms with Crippen LogP contribution in [0.4, 0.5) is 0 Å². The van der Waals surface area contributed by atoms with Crippen molar-refractivity contribution in [2.45, 2.75) is 41.0 Å². The van der Waals surface area contributed by atoms with Crippen molar-refractivity contribution in [3.8, 4) is 22.5 Å². The van der Waals surface area contributed by atoms with Gasteiger partial charge in [0.05, 0.1) is 10.3 Å². The van der Waals surface area contributed by atoms with Crippen molar-refractivity contribution < 1.29 is 24.5 Å². The monoisotopic (exact) mass is 745 g/mol. The molecule has 0 atom stereocenters. The number of aryl methyl sites for hydroxylation is 2. The minimum absolute atomic E-state index is 0. The Kier molecular flexibility index (Phi) is 8.75. The number of rotatable bonds is 3. The number of fused-ring (bicyclic) bond motifs is 5. The fourth-order valence-corrected chi connectivity index (χ4v) is 5.94. The molecule has 3 nitrogen and oxygen atoms in total. The predicted molar refractivity (Wildman–Crippen MR) is 172 cm³/mol. The zero-order valence-electron chi connectivity index (χ0n) is 24.4. The third kappa shape index (κ3) is 6.24. The van der Waals surface area contributed by atoms with Gasteiger partial charge in [-0.1, -0.05) is 67.6 Å². The Morgan fingerprint density at radius 1 is 0.810 bits per heavy atom. The number of hydrogen-bond donors (Lipinski definition) is 0. The van der Waals surface area contributed by atoms with Crippen molar-refractivity contribution in [2.75, 3.05) is 0 Å². The van der Waals surface area contributed by atoms with Crippen LogP contribution in [0.25, 0.3) is 54.5 Å². The van der Waals surface area contributed by atoms with E-state index in [1.165, 1.54) is 26.8 Å². The number of hydrogen-bond acceptors (Lipinski definition) is 4. The summed E-state index contributed by atoms with van der Waals surface area (Å²) in [7, 11) is 0. The van der Waals surface area contributed by atoms with Crippen LogP contribution in [0, 0.1) is 31.4 Å². The minimum Gasteiger partial charge on any atom is -0.499 e. The summed E-state index contributed by atoms with van der Waals surface area (Å²) in [5.41, 5.74) is 9.69. The average molecular weight is 745 g/mol. The normalized spacial score (nSPS) is 11.4. The van der Waals surface area contributed by atoms with Gasteiger partial charge in [0.2, 0.25) is 0 Å². The van der Waals surface area contributed by atoms with Crippen LogP contribution in [0.1, 0.15) is 37.5 Å². The molecule has 0 fully saturated rings. The van der Waals surface area contributed by atoms with E-state index in [-0.39, 0.29) is 25.5 Å². The molecule has 0 saturated heterocycles. The van der Waals surface area contributed by atoms with Crippen LogP contribution in [-0.4, -0.2) is 9.97 Å². The van der Waals surface area contributed by atoms with Crippen LogP contribution in [0.3, 0.4) is 0 Å². The van der Waals surface area contributed by atoms with E-state index in [9.17, 15) is 0 Å². The van der Waals surface area contributed by atoms with Crippen molar-refractivity contribution in [3.05, 3.63) is 119 Å². The van der Waals surface area contributed by atoms with Crippen molar-refractivity contribution >= 4 is 43.4 Å². The summed E-state index contributed by atoms with van der Waals surface area (Å²) >= 11 is 1.72. The van der Waals surface area contributed by atoms with Gasteiger partial charge in [0.1, 0.15) is 5.58 Å². The average Bonchev–Trinajstić information content (AvgIpc) is 3.59. The fourth-order valence-electron chi connectivity index (χ4n) is 5.06. The molecule has 3 aromatic carbocycles. The molecule has 5 heteroatoms. The first kappa shape index (κ1) is 29.8. The molecule has 0 aliphatic rings. The van der Waals surface area contributed by atoms with Gasteiger partial charge in [-0.3, -0.25) is 0 Å². The summed E-state index contributed by atoms with van der Waals surface area (Å²) in [5.74, 6) is 0. The molecule has 7 aromatic rings. The maximum Gasteiger partial charge on any atom is 0.138 e. The van der Waals surface area contributed by atoms with Crippen molar-refractivity contribution in [2.24, 2.45) is 5.41 Å². The van der Waals surface area contributed by atoms with E-state index in [2.05, 4.69) is 86.6 Å². The third-order valence-electron chi connectivity index (χ3n) is 7.11. The summed E-state index contributed by atoms with van der Waals surface area (Å²) in [6, 6.07) is 31.2. The van der Waals surface area contributed by atoms with Gasteiger partial charge in [0.25, 0.3) is 0 Å². The second-order valence-electron chi connectivity index (χ2n) is 11.7. The molecule has 1 radical (unpaired) electrons. The van der Waals surface area contributed by atoms with Crippen LogP contribution in [-0.2, 0) is 26.5 Å². The van der Waals surface area contributed by atoms with Gasteiger partial charge in [0.15, 0.2) is 0 Å². The van der Waals surface area contributed by atoms with Crippen molar-refractivity contribution in [1.82, 2.24) is 9.97 Å². The number of nitrogens with zero attached hydrogens (tertiary/aromatic N) is 2. The Labute approximate surface area is 265 Å². The zero-order valence-corrected chi connectivity index (χ0v) is 27.6. The van der Waals surface area contributed by atoms with Crippen LogP contribution in [0.2, 0.25) is 0 Å². The Hall–Kier alpha value is -3.63. The minimum atomic E-state index is 0. The molecule has 4 aromatic heterocycles. The van der Waals surface area contributed by atoms with E-state index < -0.39 is 0 Å². The van der Waals surface area contributed by atoms with Gasteiger partial charge >= 0.3 is 0 Å². The maximum absolute atomic E-state index is 6.42. The molecule has 0 aliphatic heterocycles. The van der Waals surface area contributed by atoms with E-state index >= 15 is 0 Å². The van der Waals surface area contributed by atoms with Crippen molar-refractivity contribution in [3.63, 3.8) is 0 Å². The number of pyridine rings is 2. The van der Waals surface area contributed by atoms with Gasteiger partial charge in [-0.25, -0.2) is 0 Å². The van der Waals surface area contributed by atoms with Crippen LogP contribution < -0.4 is 0 Å². The first-order chi connectivity index (χ1) is 19.8. The Bertz CT molecular complexity index is 1970. The molecule has 0 unspecified atom stereocenters. The Morgan fingerprint density at radius 3 is 2.36 bits per heavy atom. The smallest absolute Gasteiger partial charge is 0.138 e. The van der Waals surface area contributed by atoms with Gasteiger partial charge in [-0.2, -0.15) is 0 Å². The topological polar surface area (TPSA) is 38.9 Å². The van der Waals surface area contributed by atoms with Crippen LogP contribution in [0.15, 0.2) is 95.0 Å². The van der Waals surface area contributed by atoms with Crippen molar-refractivity contribution in [1.29, 1.82) is 0 Å². The summed E-state index contributed by atoms with van der Waals surface area (Å²) in [4.78, 5) is 9.04. The molecule has 42 heavy (non-hydrogen) atoms. The zero-order chi connectivity index (χ0) is 28.6. The standard InChI is InChI=1S/C25H22NOS.C12H10N.Ir/c1-15-14-26-21(12-17(15)13-25(2,3)4)20-7-5-6-18-19-9-8-16-10-11-28-24(16)23(19)27-22(18)20;1-10-7-8-12(13-9-10)11-5-3-2-4-6-11;/h5-6,8-12,14H,13H2,1-4H3;2-5,7-9H,1H3;/q2*-1;. The summed E-state index contributed by atoms with van der Waals surface area (Å²) < 4.78 is 7.62. The SMILES string of the molecule is Cc1ccc(-c2[c-]cccc2)nc1.Cc1cnc(-c2[c-]ccc3c2oc2c3ccc3ccsc32)cc1CC(C)(C)C.[Ir]. The Morgan fingerprint density at radius 2 is 1.62 bits per heavy atom. The van der Waals surface area contributed by atoms with E-state index in [0.717, 1.165) is 50.9 Å². The second-order valence-corrected chi connectivity index (χ2v) is 12.6. The first-order valence-electron chi connectivity index (χ1n) is 13.9. The molecule has 0 aliphatic carbocycles. The van der Waals surface area contributed by atoms with Gasteiger partial charge < -0.3 is 14.4 Å². The molecule has 0 spiro atoms. The van der Waals surface area contributed by atoms with E-state index in [1.807, 2.05) is 55.7 Å². The molecule has 0 bridgehead atoms. The Balaban J connectivity index is 0.000000212. The largest absolute Gasteiger partial charge is 0.499 e. The van der Waals surface area contributed by atoms with E-state index in [0.29, 0.717) is 0 Å². The molecule has 213 valence electrons. The number of benzene rings is 3. The molecule has 7 rings (SSSR count). The van der Waals surface area contributed by atoms with Crippen LogP contribution in [0.5, 0.6) is 0 Å². The number of aromatic nitrogens is 2. The predicted octanol–water partition coefficient (Wildman–Crippen LogP) is 10.4. The van der Waals surface area contributed by atoms with Crippen LogP contribution >= 0.6 is 11.3 Å². The maximum atomic E-state index is 6.42. The number of thiophene rings is 1. The van der Waals surface area contributed by atoms with E-state index in [1.54, 1.807) is 11.3 Å². The van der Waals surface area contributed by atoms with Gasteiger partial charge in [-0.05, 0) is 65.0 Å². The van der Waals surface area contributed by atoms with E-state index in [4.69, 9.17) is 9.40 Å². The first-order valence-corrected chi connectivity index (χ1v) is 14.7. The molecule has 4 heterocycles. The second kappa shape index (κ2) is 12.3. The molecule has 0 amide bonds.